The summed E-state index contributed by atoms with van der Waals surface area (Å²) in [5, 5.41) is 18.0. The zero-order valence-corrected chi connectivity index (χ0v) is 9.97. The van der Waals surface area contributed by atoms with Crippen LogP contribution in [-0.2, 0) is 6.42 Å². The van der Waals surface area contributed by atoms with E-state index in [1.807, 2.05) is 12.1 Å². The van der Waals surface area contributed by atoms with E-state index in [9.17, 15) is 5.11 Å². The summed E-state index contributed by atoms with van der Waals surface area (Å²) < 4.78 is 0. The van der Waals surface area contributed by atoms with Crippen LogP contribution in [0.15, 0.2) is 24.3 Å². The van der Waals surface area contributed by atoms with Crippen molar-refractivity contribution in [3.8, 4) is 11.8 Å². The molecule has 0 radical (unpaired) electrons. The monoisotopic (exact) mass is 230 g/mol. The Labute approximate surface area is 102 Å². The minimum absolute atomic E-state index is 0.264. The normalized spacial score (nSPS) is 17.8. The Morgan fingerprint density at radius 1 is 1.24 bits per heavy atom. The topological polar surface area (TPSA) is 47.3 Å². The van der Waals surface area contributed by atoms with Gasteiger partial charge in [0.15, 0.2) is 0 Å². The molecule has 1 aromatic carbocycles. The Morgan fingerprint density at radius 3 is 2.47 bits per heavy atom. The van der Waals surface area contributed by atoms with Crippen molar-refractivity contribution in [1.29, 1.82) is 5.26 Å². The average Bonchev–Trinajstić information content (AvgIpc) is 2.39. The van der Waals surface area contributed by atoms with E-state index in [-0.39, 0.29) is 5.92 Å². The molecule has 3 heteroatoms. The second-order valence-electron chi connectivity index (χ2n) is 4.66. The van der Waals surface area contributed by atoms with Crippen LogP contribution in [0.2, 0.25) is 0 Å². The third kappa shape index (κ3) is 3.47. The smallest absolute Gasteiger partial charge is 0.115 e. The van der Waals surface area contributed by atoms with Crippen molar-refractivity contribution in [3.05, 3.63) is 29.8 Å². The van der Waals surface area contributed by atoms with Crippen LogP contribution in [0.3, 0.4) is 0 Å². The van der Waals surface area contributed by atoms with Gasteiger partial charge in [-0.2, -0.15) is 5.26 Å². The predicted octanol–water partition coefficient (Wildman–Crippen LogP) is 2.17. The first kappa shape index (κ1) is 11.9. The summed E-state index contributed by atoms with van der Waals surface area (Å²) in [4.78, 5) is 2.42. The fourth-order valence-electron chi connectivity index (χ4n) is 2.24. The lowest BCUT2D eigenvalue weighted by Gasteiger charge is -2.28. The van der Waals surface area contributed by atoms with Crippen molar-refractivity contribution in [2.24, 2.45) is 5.92 Å². The van der Waals surface area contributed by atoms with Gasteiger partial charge in [-0.3, -0.25) is 0 Å². The Kier molecular flexibility index (Phi) is 4.00. The molecule has 0 atom stereocenters. The zero-order chi connectivity index (χ0) is 12.1. The number of hydrogen-bond donors (Lipinski definition) is 1. The number of nitrogens with zero attached hydrogens (tertiary/aromatic N) is 2. The van der Waals surface area contributed by atoms with Crippen molar-refractivity contribution >= 4 is 0 Å². The molecule has 0 spiro atoms. The van der Waals surface area contributed by atoms with E-state index in [1.165, 1.54) is 5.56 Å². The fraction of sp³-hybridized carbons (Fsp3) is 0.500. The Bertz CT molecular complexity index is 386. The largest absolute Gasteiger partial charge is 0.508 e. The van der Waals surface area contributed by atoms with Gasteiger partial charge in [-0.1, -0.05) is 12.1 Å². The van der Waals surface area contributed by atoms with Crippen LogP contribution in [-0.4, -0.2) is 29.6 Å². The van der Waals surface area contributed by atoms with Crippen LogP contribution < -0.4 is 0 Å². The minimum Gasteiger partial charge on any atom is -0.508 e. The van der Waals surface area contributed by atoms with Crippen molar-refractivity contribution < 1.29 is 5.11 Å². The summed E-state index contributed by atoms with van der Waals surface area (Å²) in [6.45, 7) is 3.12. The van der Waals surface area contributed by atoms with E-state index >= 15 is 0 Å². The van der Waals surface area contributed by atoms with Gasteiger partial charge in [0.2, 0.25) is 0 Å². The van der Waals surface area contributed by atoms with Crippen LogP contribution in [0.5, 0.6) is 5.75 Å². The van der Waals surface area contributed by atoms with Gasteiger partial charge < -0.3 is 10.0 Å². The van der Waals surface area contributed by atoms with Crippen molar-refractivity contribution in [2.45, 2.75) is 19.3 Å². The highest BCUT2D eigenvalue weighted by atomic mass is 16.3. The van der Waals surface area contributed by atoms with Crippen molar-refractivity contribution in [2.75, 3.05) is 19.6 Å². The van der Waals surface area contributed by atoms with Crippen LogP contribution >= 0.6 is 0 Å². The lowest BCUT2D eigenvalue weighted by Crippen LogP contribution is -2.34. The molecule has 3 nitrogen and oxygen atoms in total. The van der Waals surface area contributed by atoms with E-state index in [4.69, 9.17) is 5.26 Å². The molecule has 1 saturated heterocycles. The molecule has 1 N–H and O–H groups in total. The van der Waals surface area contributed by atoms with E-state index in [0.717, 1.165) is 38.9 Å². The number of aromatic hydroxyl groups is 1. The molecule has 0 bridgehead atoms. The minimum atomic E-state index is 0.264. The molecule has 0 saturated carbocycles. The van der Waals surface area contributed by atoms with Gasteiger partial charge in [0, 0.05) is 12.5 Å². The van der Waals surface area contributed by atoms with Crippen LogP contribution in [0, 0.1) is 17.2 Å². The first-order chi connectivity index (χ1) is 8.28. The average molecular weight is 230 g/mol. The van der Waals surface area contributed by atoms with Crippen LogP contribution in [0.4, 0.5) is 0 Å². The van der Waals surface area contributed by atoms with Gasteiger partial charge in [-0.25, -0.2) is 0 Å². The number of benzene rings is 1. The number of rotatable bonds is 3. The number of likely N-dealkylation sites (tertiary alicyclic amines) is 1. The lowest BCUT2D eigenvalue weighted by atomic mass is 9.98. The van der Waals surface area contributed by atoms with Gasteiger partial charge in [0.1, 0.15) is 5.75 Å². The summed E-state index contributed by atoms with van der Waals surface area (Å²) in [6, 6.07) is 9.76. The van der Waals surface area contributed by atoms with Gasteiger partial charge in [-0.15, -0.1) is 0 Å². The molecule has 0 aliphatic carbocycles. The molecule has 1 heterocycles. The number of nitriles is 1. The van der Waals surface area contributed by atoms with E-state index in [0.29, 0.717) is 5.75 Å². The maximum absolute atomic E-state index is 9.19. The SMILES string of the molecule is N#CC1CCN(CCc2ccc(O)cc2)CC1. The summed E-state index contributed by atoms with van der Waals surface area (Å²) in [7, 11) is 0. The Hall–Kier alpha value is -1.53. The summed E-state index contributed by atoms with van der Waals surface area (Å²) in [5.41, 5.74) is 1.25. The standard InChI is InChI=1S/C14H18N2O/c15-11-13-6-9-16(10-7-13)8-5-12-1-3-14(17)4-2-12/h1-4,13,17H,5-10H2. The molecule has 0 unspecified atom stereocenters. The van der Waals surface area contributed by atoms with Crippen LogP contribution in [0.25, 0.3) is 0 Å². The first-order valence-corrected chi connectivity index (χ1v) is 6.18. The number of phenols is 1. The van der Waals surface area contributed by atoms with Crippen molar-refractivity contribution in [1.82, 2.24) is 4.90 Å². The molecule has 1 aliphatic rings. The third-order valence-electron chi connectivity index (χ3n) is 3.42. The van der Waals surface area contributed by atoms with Crippen LogP contribution in [0.1, 0.15) is 18.4 Å². The quantitative estimate of drug-likeness (QED) is 0.865. The summed E-state index contributed by atoms with van der Waals surface area (Å²) in [6.07, 6.45) is 3.02. The van der Waals surface area contributed by atoms with Gasteiger partial charge in [-0.05, 0) is 50.0 Å². The highest BCUT2D eigenvalue weighted by Crippen LogP contribution is 2.17. The second kappa shape index (κ2) is 5.70. The molecular formula is C14H18N2O. The molecule has 0 amide bonds. The van der Waals surface area contributed by atoms with Gasteiger partial charge in [0.25, 0.3) is 0 Å². The second-order valence-corrected chi connectivity index (χ2v) is 4.66. The zero-order valence-electron chi connectivity index (χ0n) is 9.97. The lowest BCUT2D eigenvalue weighted by molar-refractivity contribution is 0.208. The summed E-state index contributed by atoms with van der Waals surface area (Å²) >= 11 is 0. The number of hydrogen-bond acceptors (Lipinski definition) is 3. The van der Waals surface area contributed by atoms with E-state index in [1.54, 1.807) is 12.1 Å². The predicted molar refractivity (Wildman–Crippen MR) is 66.6 cm³/mol. The third-order valence-corrected chi connectivity index (χ3v) is 3.42. The molecule has 90 valence electrons. The molecule has 0 aromatic heterocycles. The highest BCUT2D eigenvalue weighted by molar-refractivity contribution is 5.26. The Morgan fingerprint density at radius 2 is 1.88 bits per heavy atom. The number of phenolic OH excluding ortho intramolecular Hbond substituents is 1. The molecule has 2 rings (SSSR count). The summed E-state index contributed by atoms with van der Waals surface area (Å²) in [5.74, 6) is 0.587. The Balaban J connectivity index is 1.76. The van der Waals surface area contributed by atoms with Gasteiger partial charge in [0.05, 0.1) is 6.07 Å². The molecule has 17 heavy (non-hydrogen) atoms. The van der Waals surface area contributed by atoms with Gasteiger partial charge >= 0.3 is 0 Å². The molecule has 1 aliphatic heterocycles. The molecular weight excluding hydrogens is 212 g/mol. The van der Waals surface area contributed by atoms with E-state index < -0.39 is 0 Å². The molecule has 1 aromatic rings. The molecule has 1 fully saturated rings. The maximum Gasteiger partial charge on any atom is 0.115 e. The number of piperidine rings is 1. The fourth-order valence-corrected chi connectivity index (χ4v) is 2.24. The van der Waals surface area contributed by atoms with E-state index in [2.05, 4.69) is 11.0 Å². The highest BCUT2D eigenvalue weighted by Gasteiger charge is 2.17. The first-order valence-electron chi connectivity index (χ1n) is 6.18. The van der Waals surface area contributed by atoms with Crippen molar-refractivity contribution in [3.63, 3.8) is 0 Å². The maximum atomic E-state index is 9.19.